The first-order valence-corrected chi connectivity index (χ1v) is 12.4. The third-order valence-corrected chi connectivity index (χ3v) is 6.60. The van der Waals surface area contributed by atoms with E-state index in [2.05, 4.69) is 52.8 Å². The Kier molecular flexibility index (Phi) is 9.52. The van der Waals surface area contributed by atoms with E-state index in [0.717, 1.165) is 14.7 Å². The van der Waals surface area contributed by atoms with Gasteiger partial charge in [-0.1, -0.05) is 37.3 Å². The molecule has 0 fully saturated rings. The number of aliphatic hydroxyl groups excluding tert-OH is 2. The number of benzene rings is 2. The van der Waals surface area contributed by atoms with Crippen LogP contribution < -0.4 is 9.47 Å². The zero-order chi connectivity index (χ0) is 24.7. The van der Waals surface area contributed by atoms with Crippen LogP contribution in [-0.2, 0) is 18.6 Å². The van der Waals surface area contributed by atoms with Crippen molar-refractivity contribution in [3.8, 4) is 11.5 Å². The fourth-order valence-corrected chi connectivity index (χ4v) is 4.08. The zero-order valence-electron chi connectivity index (χ0n) is 19.0. The van der Waals surface area contributed by atoms with Crippen molar-refractivity contribution < 1.29 is 24.1 Å². The van der Waals surface area contributed by atoms with Gasteiger partial charge in [0.25, 0.3) is 0 Å². The first-order valence-electron chi connectivity index (χ1n) is 10.8. The Morgan fingerprint density at radius 3 is 2.35 bits per heavy atom. The molecule has 0 aliphatic carbocycles. The molecule has 10 heteroatoms. The average molecular weight is 604 g/mol. The van der Waals surface area contributed by atoms with Gasteiger partial charge in [-0.2, -0.15) is 0 Å². The van der Waals surface area contributed by atoms with E-state index in [1.165, 1.54) is 10.9 Å². The maximum atomic E-state index is 12.6. The summed E-state index contributed by atoms with van der Waals surface area (Å²) in [5, 5.41) is 27.2. The van der Waals surface area contributed by atoms with Crippen LogP contribution >= 0.6 is 34.2 Å². The van der Waals surface area contributed by atoms with E-state index in [4.69, 9.17) is 21.1 Å². The van der Waals surface area contributed by atoms with Crippen LogP contribution in [0.25, 0.3) is 0 Å². The fourth-order valence-electron chi connectivity index (χ4n) is 3.32. The molecule has 0 saturated heterocycles. The lowest BCUT2D eigenvalue weighted by Gasteiger charge is -2.27. The largest absolute Gasteiger partial charge is 0.491 e. The molecule has 2 N–H and O–H groups in total. The van der Waals surface area contributed by atoms with Crippen molar-refractivity contribution in [1.82, 2.24) is 15.0 Å². The molecule has 3 aromatic rings. The molecule has 3 rings (SSSR count). The quantitative estimate of drug-likeness (QED) is 0.240. The van der Waals surface area contributed by atoms with Crippen molar-refractivity contribution in [2.45, 2.75) is 44.7 Å². The van der Waals surface area contributed by atoms with E-state index < -0.39 is 18.9 Å². The summed E-state index contributed by atoms with van der Waals surface area (Å²) in [7, 11) is 0. The second-order valence-electron chi connectivity index (χ2n) is 8.44. The van der Waals surface area contributed by atoms with Crippen molar-refractivity contribution >= 4 is 34.2 Å². The molecule has 0 radical (unpaired) electrons. The van der Waals surface area contributed by atoms with Crippen LogP contribution in [0.15, 0.2) is 48.7 Å². The van der Waals surface area contributed by atoms with Crippen molar-refractivity contribution in [2.24, 2.45) is 0 Å². The normalized spacial score (nSPS) is 13.5. The summed E-state index contributed by atoms with van der Waals surface area (Å²) in [6, 6.07) is 13.7. The topological polar surface area (TPSA) is 89.6 Å². The van der Waals surface area contributed by atoms with Crippen LogP contribution in [0, 0.1) is 3.57 Å². The Hall–Kier alpha value is -1.95. The van der Waals surface area contributed by atoms with E-state index in [1.807, 2.05) is 36.4 Å². The van der Waals surface area contributed by atoms with Crippen LogP contribution in [0.5, 0.6) is 11.5 Å². The van der Waals surface area contributed by atoms with Gasteiger partial charge in [0, 0.05) is 5.41 Å². The van der Waals surface area contributed by atoms with E-state index in [-0.39, 0.29) is 36.7 Å². The molecule has 0 amide bonds. The van der Waals surface area contributed by atoms with Gasteiger partial charge in [0.05, 0.1) is 22.2 Å². The van der Waals surface area contributed by atoms with E-state index >= 15 is 0 Å². The number of rotatable bonds is 12. The molecule has 0 aliphatic rings. The molecular weight excluding hydrogens is 576 g/mol. The number of nitrogens with zero attached hydrogens (tertiary/aromatic N) is 3. The summed E-state index contributed by atoms with van der Waals surface area (Å²) in [6.45, 7) is 3.98. The van der Waals surface area contributed by atoms with Crippen molar-refractivity contribution in [1.29, 1.82) is 0 Å². The molecule has 184 valence electrons. The summed E-state index contributed by atoms with van der Waals surface area (Å²) in [6.07, 6.45) is -0.0470. The van der Waals surface area contributed by atoms with E-state index in [9.17, 15) is 14.6 Å². The molecule has 0 aliphatic heterocycles. The molecule has 0 spiro atoms. The number of halogens is 3. The molecule has 2 atom stereocenters. The lowest BCUT2D eigenvalue weighted by Crippen LogP contribution is -2.24. The fraction of sp³-hybridized carbons (Fsp3) is 0.417. The van der Waals surface area contributed by atoms with Gasteiger partial charge in [-0.25, -0.2) is 9.07 Å². The van der Waals surface area contributed by atoms with Crippen molar-refractivity contribution in [3.05, 3.63) is 69.1 Å². The third-order valence-electron chi connectivity index (χ3n) is 5.40. The molecule has 0 saturated carbocycles. The molecule has 34 heavy (non-hydrogen) atoms. The predicted molar refractivity (Wildman–Crippen MR) is 136 cm³/mol. The van der Waals surface area contributed by atoms with Crippen molar-refractivity contribution in [3.63, 3.8) is 0 Å². The molecule has 1 heterocycles. The number of aromatic nitrogens is 3. The molecule has 0 bridgehead atoms. The Bertz CT molecular complexity index is 1060. The highest BCUT2D eigenvalue weighted by Crippen LogP contribution is 2.35. The molecule has 2 aromatic carbocycles. The highest BCUT2D eigenvalue weighted by Gasteiger charge is 2.24. The molecule has 1 aromatic heterocycles. The lowest BCUT2D eigenvalue weighted by molar-refractivity contribution is 0.0888. The Morgan fingerprint density at radius 2 is 1.74 bits per heavy atom. The van der Waals surface area contributed by atoms with Gasteiger partial charge in [0.2, 0.25) is 0 Å². The summed E-state index contributed by atoms with van der Waals surface area (Å²) in [4.78, 5) is 0. The van der Waals surface area contributed by atoms with Gasteiger partial charge in [-0.15, -0.1) is 16.7 Å². The van der Waals surface area contributed by atoms with Crippen LogP contribution in [0.2, 0.25) is 0 Å². The minimum absolute atomic E-state index is 0.0750. The number of hydrogen-bond donors (Lipinski definition) is 2. The number of ether oxygens (including phenoxy) is 2. The first kappa shape index (κ1) is 26.7. The minimum atomic E-state index is -0.807. The maximum absolute atomic E-state index is 12.6. The highest BCUT2D eigenvalue weighted by atomic mass is 127. The number of aliphatic hydroxyl groups is 2. The predicted octanol–water partition coefficient (Wildman–Crippen LogP) is 4.10. The maximum Gasteiger partial charge on any atom is 0.135 e. The van der Waals surface area contributed by atoms with Crippen LogP contribution in [0.1, 0.15) is 30.7 Å². The molecule has 0 unspecified atom stereocenters. The summed E-state index contributed by atoms with van der Waals surface area (Å²) >= 11 is 7.85. The number of alkyl halides is 2. The number of hydrogen-bond acceptors (Lipinski definition) is 6. The van der Waals surface area contributed by atoms with Crippen LogP contribution in [0.4, 0.5) is 4.39 Å². The second kappa shape index (κ2) is 12.1. The summed E-state index contributed by atoms with van der Waals surface area (Å²) in [5.41, 5.74) is 2.18. The third kappa shape index (κ3) is 7.03. The monoisotopic (exact) mass is 603 g/mol. The van der Waals surface area contributed by atoms with E-state index in [1.54, 1.807) is 0 Å². The smallest absolute Gasteiger partial charge is 0.135 e. The Labute approximate surface area is 217 Å². The van der Waals surface area contributed by atoms with Gasteiger partial charge in [0.15, 0.2) is 0 Å². The van der Waals surface area contributed by atoms with Gasteiger partial charge in [-0.05, 0) is 58.0 Å². The van der Waals surface area contributed by atoms with Gasteiger partial charge < -0.3 is 19.7 Å². The summed E-state index contributed by atoms with van der Waals surface area (Å²) < 4.78 is 26.3. The first-order chi connectivity index (χ1) is 16.2. The Morgan fingerprint density at radius 1 is 1.06 bits per heavy atom. The SMILES string of the molecule is CC(C)(c1ccc(OC[C@@H](O)Cn2cc(CF)nn2)cc1)c1ccc(OC[C@@H](O)CCl)c(I)c1. The molecule has 7 nitrogen and oxygen atoms in total. The van der Waals surface area contributed by atoms with Gasteiger partial charge in [-0.3, -0.25) is 0 Å². The standard InChI is InChI=1S/C24H28ClFIN3O4/c1-24(2,17-5-8-23(22(27)9-17)34-14-19(31)10-25)16-3-6-21(7-4-16)33-15-20(32)13-30-12-18(11-26)28-29-30/h3-9,12,19-20,31-32H,10-11,13-15H2,1-2H3/t19-,20-/m0/s1. The highest BCUT2D eigenvalue weighted by molar-refractivity contribution is 14.1. The molecular formula is C24H28ClFIN3O4. The van der Waals surface area contributed by atoms with Crippen LogP contribution in [0.3, 0.4) is 0 Å². The average Bonchev–Trinajstić information content (AvgIpc) is 3.29. The van der Waals surface area contributed by atoms with E-state index in [0.29, 0.717) is 11.5 Å². The second-order valence-corrected chi connectivity index (χ2v) is 9.91. The van der Waals surface area contributed by atoms with Gasteiger partial charge >= 0.3 is 0 Å². The minimum Gasteiger partial charge on any atom is -0.491 e. The zero-order valence-corrected chi connectivity index (χ0v) is 21.9. The Balaban J connectivity index is 1.59. The van der Waals surface area contributed by atoms with Crippen LogP contribution in [-0.4, -0.2) is 56.5 Å². The van der Waals surface area contributed by atoms with Gasteiger partial charge in [0.1, 0.15) is 49.3 Å². The van der Waals surface area contributed by atoms with Crippen molar-refractivity contribution in [2.75, 3.05) is 19.1 Å². The summed E-state index contributed by atoms with van der Waals surface area (Å²) in [5.74, 6) is 1.47. The lowest BCUT2D eigenvalue weighted by atomic mass is 9.78.